The molecule has 0 saturated carbocycles. The molecule has 3 N–H and O–H groups in total. The first-order chi connectivity index (χ1) is 10.0. The van der Waals surface area contributed by atoms with E-state index in [0.29, 0.717) is 17.0 Å². The fourth-order valence-corrected chi connectivity index (χ4v) is 2.82. The molecule has 0 aliphatic rings. The summed E-state index contributed by atoms with van der Waals surface area (Å²) in [6.45, 7) is 4.15. The molecule has 0 saturated heterocycles. The predicted octanol–water partition coefficient (Wildman–Crippen LogP) is 3.71. The van der Waals surface area contributed by atoms with Gasteiger partial charge in [0, 0.05) is 16.6 Å². The van der Waals surface area contributed by atoms with Crippen LogP contribution in [0.4, 0.5) is 4.39 Å². The minimum atomic E-state index is -0.288. The van der Waals surface area contributed by atoms with Crippen LogP contribution in [0.15, 0.2) is 36.4 Å². The molecule has 21 heavy (non-hydrogen) atoms. The largest absolute Gasteiger partial charge is 0.271 e. The minimum Gasteiger partial charge on any atom is -0.271 e. The molecule has 0 heterocycles. The molecule has 0 aromatic heterocycles. The number of nitrogens with one attached hydrogen (secondary N) is 1. The van der Waals surface area contributed by atoms with Crippen LogP contribution in [0.1, 0.15) is 22.3 Å². The van der Waals surface area contributed by atoms with Gasteiger partial charge in [0.15, 0.2) is 0 Å². The molecule has 2 rings (SSSR count). The Morgan fingerprint density at radius 2 is 1.62 bits per heavy atom. The van der Waals surface area contributed by atoms with Gasteiger partial charge in [0.2, 0.25) is 0 Å². The minimum absolute atomic E-state index is 0.0702. The molecule has 112 valence electrons. The normalized spacial score (nSPS) is 12.4. The summed E-state index contributed by atoms with van der Waals surface area (Å²) in [5.74, 6) is 5.37. The maximum atomic E-state index is 13.9. The lowest BCUT2D eigenvalue weighted by molar-refractivity contribution is 0.505. The Kier molecular flexibility index (Phi) is 5.34. The van der Waals surface area contributed by atoms with Crippen LogP contribution in [-0.2, 0) is 12.8 Å². The topological polar surface area (TPSA) is 38.0 Å². The number of rotatable bonds is 5. The molecular formula is C17H20ClFN2. The molecule has 4 heteroatoms. The summed E-state index contributed by atoms with van der Waals surface area (Å²) in [5.41, 5.74) is 6.97. The van der Waals surface area contributed by atoms with Crippen LogP contribution >= 0.6 is 11.6 Å². The smallest absolute Gasteiger partial charge is 0.127 e. The Balaban J connectivity index is 2.21. The fourth-order valence-electron chi connectivity index (χ4n) is 2.58. The van der Waals surface area contributed by atoms with Crippen molar-refractivity contribution in [3.63, 3.8) is 0 Å². The summed E-state index contributed by atoms with van der Waals surface area (Å²) in [7, 11) is 0. The third kappa shape index (κ3) is 3.82. The van der Waals surface area contributed by atoms with Crippen LogP contribution in [-0.4, -0.2) is 6.04 Å². The molecule has 1 unspecified atom stereocenters. The number of hydrazine groups is 1. The van der Waals surface area contributed by atoms with E-state index in [-0.39, 0.29) is 11.9 Å². The summed E-state index contributed by atoms with van der Waals surface area (Å²) < 4.78 is 13.9. The molecular weight excluding hydrogens is 287 g/mol. The molecule has 0 aliphatic carbocycles. The van der Waals surface area contributed by atoms with Crippen molar-refractivity contribution in [2.24, 2.45) is 5.84 Å². The molecule has 2 aromatic rings. The Bertz CT molecular complexity index is 534. The monoisotopic (exact) mass is 306 g/mol. The molecule has 0 amide bonds. The van der Waals surface area contributed by atoms with E-state index >= 15 is 0 Å². The van der Waals surface area contributed by atoms with Gasteiger partial charge >= 0.3 is 0 Å². The maximum Gasteiger partial charge on any atom is 0.127 e. The average Bonchev–Trinajstić information content (AvgIpc) is 2.45. The van der Waals surface area contributed by atoms with Crippen molar-refractivity contribution >= 4 is 11.6 Å². The molecule has 2 aromatic carbocycles. The van der Waals surface area contributed by atoms with Crippen molar-refractivity contribution in [1.29, 1.82) is 0 Å². The van der Waals surface area contributed by atoms with Crippen molar-refractivity contribution in [1.82, 2.24) is 5.43 Å². The third-order valence-electron chi connectivity index (χ3n) is 3.84. The van der Waals surface area contributed by atoms with Crippen LogP contribution in [0.3, 0.4) is 0 Å². The number of hydrogen-bond acceptors (Lipinski definition) is 2. The van der Waals surface area contributed by atoms with Crippen molar-refractivity contribution in [3.8, 4) is 0 Å². The first-order valence-electron chi connectivity index (χ1n) is 6.97. The van der Waals surface area contributed by atoms with E-state index < -0.39 is 0 Å². The van der Waals surface area contributed by atoms with Crippen LogP contribution in [0.25, 0.3) is 0 Å². The van der Waals surface area contributed by atoms with Gasteiger partial charge in [-0.2, -0.15) is 0 Å². The summed E-state index contributed by atoms with van der Waals surface area (Å²) in [4.78, 5) is 0. The third-order valence-corrected chi connectivity index (χ3v) is 4.20. The van der Waals surface area contributed by atoms with Crippen LogP contribution in [0.5, 0.6) is 0 Å². The van der Waals surface area contributed by atoms with E-state index in [2.05, 4.69) is 31.4 Å². The standard InChI is InChI=1S/C17H20ClFN2/c1-11-5-3-6-12(2)14(11)9-13(21-20)10-15-16(18)7-4-8-17(15)19/h3-8,13,21H,9-10,20H2,1-2H3. The van der Waals surface area contributed by atoms with Gasteiger partial charge in [-0.05, 0) is 55.5 Å². The van der Waals surface area contributed by atoms with Gasteiger partial charge in [0.05, 0.1) is 0 Å². The highest BCUT2D eigenvalue weighted by Gasteiger charge is 2.16. The zero-order valence-corrected chi connectivity index (χ0v) is 13.0. The molecule has 0 bridgehead atoms. The quantitative estimate of drug-likeness (QED) is 0.653. The van der Waals surface area contributed by atoms with E-state index in [1.54, 1.807) is 12.1 Å². The van der Waals surface area contributed by atoms with E-state index in [0.717, 1.165) is 6.42 Å². The van der Waals surface area contributed by atoms with Gasteiger partial charge in [0.1, 0.15) is 5.82 Å². The van der Waals surface area contributed by atoms with Gasteiger partial charge in [0.25, 0.3) is 0 Å². The highest BCUT2D eigenvalue weighted by molar-refractivity contribution is 6.31. The first kappa shape index (κ1) is 16.0. The molecule has 0 spiro atoms. The van der Waals surface area contributed by atoms with Crippen molar-refractivity contribution < 1.29 is 4.39 Å². The molecule has 0 fully saturated rings. The second-order valence-corrected chi connectivity index (χ2v) is 5.75. The predicted molar refractivity (Wildman–Crippen MR) is 85.8 cm³/mol. The zero-order chi connectivity index (χ0) is 15.4. The zero-order valence-electron chi connectivity index (χ0n) is 12.3. The highest BCUT2D eigenvalue weighted by Crippen LogP contribution is 2.22. The summed E-state index contributed by atoms with van der Waals surface area (Å²) in [6.07, 6.45) is 1.19. The molecule has 0 aliphatic heterocycles. The fraction of sp³-hybridized carbons (Fsp3) is 0.294. The lowest BCUT2D eigenvalue weighted by Gasteiger charge is -2.19. The van der Waals surface area contributed by atoms with Gasteiger partial charge in [-0.3, -0.25) is 11.3 Å². The second kappa shape index (κ2) is 7.03. The van der Waals surface area contributed by atoms with E-state index in [1.165, 1.54) is 22.8 Å². The number of aryl methyl sites for hydroxylation is 2. The van der Waals surface area contributed by atoms with Crippen LogP contribution in [0, 0.1) is 19.7 Å². The summed E-state index contributed by atoms with van der Waals surface area (Å²) >= 11 is 6.09. The van der Waals surface area contributed by atoms with Crippen LogP contribution in [0.2, 0.25) is 5.02 Å². The lowest BCUT2D eigenvalue weighted by Crippen LogP contribution is -2.39. The van der Waals surface area contributed by atoms with E-state index in [4.69, 9.17) is 17.4 Å². The maximum absolute atomic E-state index is 13.9. The summed E-state index contributed by atoms with van der Waals surface area (Å²) in [5, 5.41) is 0.441. The first-order valence-corrected chi connectivity index (χ1v) is 7.34. The Morgan fingerprint density at radius 3 is 2.19 bits per heavy atom. The lowest BCUT2D eigenvalue weighted by atomic mass is 9.93. The summed E-state index contributed by atoms with van der Waals surface area (Å²) in [6, 6.07) is 10.8. The van der Waals surface area contributed by atoms with Crippen LogP contribution < -0.4 is 11.3 Å². The number of halogens is 2. The van der Waals surface area contributed by atoms with Gasteiger partial charge < -0.3 is 0 Å². The van der Waals surface area contributed by atoms with Gasteiger partial charge in [-0.25, -0.2) is 4.39 Å². The Morgan fingerprint density at radius 1 is 1.05 bits per heavy atom. The van der Waals surface area contributed by atoms with Crippen molar-refractivity contribution in [2.45, 2.75) is 32.7 Å². The molecule has 1 atom stereocenters. The Labute approximate surface area is 130 Å². The van der Waals surface area contributed by atoms with E-state index in [9.17, 15) is 4.39 Å². The average molecular weight is 307 g/mol. The second-order valence-electron chi connectivity index (χ2n) is 5.34. The number of hydrogen-bond donors (Lipinski definition) is 2. The van der Waals surface area contributed by atoms with Crippen molar-refractivity contribution in [3.05, 3.63) is 69.5 Å². The highest BCUT2D eigenvalue weighted by atomic mass is 35.5. The Hall–Kier alpha value is -1.42. The molecule has 2 nitrogen and oxygen atoms in total. The number of nitrogens with two attached hydrogens (primary N) is 1. The SMILES string of the molecule is Cc1cccc(C)c1CC(Cc1c(F)cccc1Cl)NN. The van der Waals surface area contributed by atoms with E-state index in [1.807, 2.05) is 6.07 Å². The number of benzene rings is 2. The molecule has 0 radical (unpaired) electrons. The van der Waals surface area contributed by atoms with Crippen molar-refractivity contribution in [2.75, 3.05) is 0 Å². The van der Waals surface area contributed by atoms with Gasteiger partial charge in [-0.15, -0.1) is 0 Å². The van der Waals surface area contributed by atoms with Gasteiger partial charge in [-0.1, -0.05) is 35.9 Å².